The molecule has 0 saturated carbocycles. The first-order chi connectivity index (χ1) is 8.44. The number of hydrogen-bond acceptors (Lipinski definition) is 3. The van der Waals surface area contributed by atoms with Gasteiger partial charge in [0.2, 0.25) is 0 Å². The van der Waals surface area contributed by atoms with E-state index in [0.29, 0.717) is 19.6 Å². The normalized spacial score (nSPS) is 35.8. The van der Waals surface area contributed by atoms with Crippen molar-refractivity contribution in [2.75, 3.05) is 13.2 Å². The van der Waals surface area contributed by atoms with Gasteiger partial charge < -0.3 is 20.1 Å². The highest BCUT2D eigenvalue weighted by Crippen LogP contribution is 2.26. The number of carbonyl (C=O) groups is 2. The zero-order valence-corrected chi connectivity index (χ0v) is 10.8. The minimum Gasteiger partial charge on any atom is -0.480 e. The molecule has 0 aliphatic carbocycles. The van der Waals surface area contributed by atoms with Crippen molar-refractivity contribution in [3.8, 4) is 0 Å². The lowest BCUT2D eigenvalue weighted by Gasteiger charge is -2.32. The van der Waals surface area contributed by atoms with Gasteiger partial charge in [0.15, 0.2) is 0 Å². The van der Waals surface area contributed by atoms with Crippen LogP contribution >= 0.6 is 0 Å². The molecule has 2 aliphatic rings. The van der Waals surface area contributed by atoms with E-state index in [0.717, 1.165) is 12.8 Å². The monoisotopic (exact) mass is 256 g/mol. The van der Waals surface area contributed by atoms with Gasteiger partial charge in [0.1, 0.15) is 6.04 Å². The number of nitrogens with zero attached hydrogens (tertiary/aromatic N) is 1. The van der Waals surface area contributed by atoms with Crippen LogP contribution in [0.25, 0.3) is 0 Å². The molecule has 3 atom stereocenters. The Labute approximate surface area is 106 Å². The Kier molecular flexibility index (Phi) is 3.47. The molecule has 2 amide bonds. The standard InChI is InChI=1S/C12H20N2O4/c1-8-12(2,5-7-18-8)13-11(17)14-6-3-4-9(14)10(15)16/h8-9H,3-7H2,1-2H3,(H,13,17)(H,15,16). The zero-order chi connectivity index (χ0) is 13.3. The van der Waals surface area contributed by atoms with Gasteiger partial charge in [-0.2, -0.15) is 0 Å². The molecule has 2 heterocycles. The van der Waals surface area contributed by atoms with E-state index in [2.05, 4.69) is 5.32 Å². The second-order valence-corrected chi connectivity index (χ2v) is 5.30. The van der Waals surface area contributed by atoms with E-state index in [1.54, 1.807) is 0 Å². The van der Waals surface area contributed by atoms with Gasteiger partial charge in [-0.1, -0.05) is 0 Å². The van der Waals surface area contributed by atoms with Crippen LogP contribution in [0.4, 0.5) is 4.79 Å². The molecular weight excluding hydrogens is 236 g/mol. The summed E-state index contributed by atoms with van der Waals surface area (Å²) in [6, 6.07) is -0.981. The van der Waals surface area contributed by atoms with Crippen LogP contribution in [0, 0.1) is 0 Å². The van der Waals surface area contributed by atoms with E-state index in [1.807, 2.05) is 13.8 Å². The Hall–Kier alpha value is -1.30. The SMILES string of the molecule is CC1OCCC1(C)NC(=O)N1CCCC1C(=O)O. The Morgan fingerprint density at radius 3 is 2.78 bits per heavy atom. The fourth-order valence-electron chi connectivity index (χ4n) is 2.58. The van der Waals surface area contributed by atoms with Crippen LogP contribution in [0.5, 0.6) is 0 Å². The molecule has 2 rings (SSSR count). The number of carboxylic acid groups (broad SMARTS) is 1. The number of aliphatic carboxylic acids is 1. The van der Waals surface area contributed by atoms with Gasteiger partial charge in [-0.15, -0.1) is 0 Å². The minimum absolute atomic E-state index is 0.0488. The number of hydrogen-bond donors (Lipinski definition) is 2. The molecule has 0 aromatic carbocycles. The predicted octanol–water partition coefficient (Wildman–Crippen LogP) is 0.812. The maximum atomic E-state index is 12.2. The minimum atomic E-state index is -0.927. The van der Waals surface area contributed by atoms with Crippen molar-refractivity contribution in [2.24, 2.45) is 0 Å². The number of carbonyl (C=O) groups excluding carboxylic acids is 1. The number of amides is 2. The third-order valence-electron chi connectivity index (χ3n) is 4.08. The van der Waals surface area contributed by atoms with Crippen LogP contribution in [0.1, 0.15) is 33.1 Å². The molecule has 0 aromatic rings. The Bertz CT molecular complexity index is 360. The predicted molar refractivity (Wildman–Crippen MR) is 64.3 cm³/mol. The van der Waals surface area contributed by atoms with E-state index in [1.165, 1.54) is 4.90 Å². The van der Waals surface area contributed by atoms with Crippen LogP contribution in [0.15, 0.2) is 0 Å². The number of nitrogens with one attached hydrogen (secondary N) is 1. The highest BCUT2D eigenvalue weighted by molar-refractivity contribution is 5.83. The third kappa shape index (κ3) is 2.29. The Morgan fingerprint density at radius 1 is 1.50 bits per heavy atom. The molecular formula is C12H20N2O4. The molecule has 0 radical (unpaired) electrons. The lowest BCUT2D eigenvalue weighted by molar-refractivity contribution is -0.141. The molecule has 2 N–H and O–H groups in total. The third-order valence-corrected chi connectivity index (χ3v) is 4.08. The average Bonchev–Trinajstić information content (AvgIpc) is 2.87. The molecule has 0 bridgehead atoms. The highest BCUT2D eigenvalue weighted by Gasteiger charge is 2.41. The summed E-state index contributed by atoms with van der Waals surface area (Å²) >= 11 is 0. The van der Waals surface area contributed by atoms with Crippen molar-refractivity contribution in [3.63, 3.8) is 0 Å². The van der Waals surface area contributed by atoms with Gasteiger partial charge in [-0.05, 0) is 33.1 Å². The number of rotatable bonds is 2. The van der Waals surface area contributed by atoms with Gasteiger partial charge in [-0.25, -0.2) is 9.59 Å². The Morgan fingerprint density at radius 2 is 2.22 bits per heavy atom. The maximum absolute atomic E-state index is 12.2. The van der Waals surface area contributed by atoms with E-state index in [9.17, 15) is 9.59 Å². The summed E-state index contributed by atoms with van der Waals surface area (Å²) in [5, 5.41) is 12.0. The first-order valence-corrected chi connectivity index (χ1v) is 6.37. The van der Waals surface area contributed by atoms with E-state index in [4.69, 9.17) is 9.84 Å². The summed E-state index contributed by atoms with van der Waals surface area (Å²) in [5.41, 5.74) is -0.400. The summed E-state index contributed by atoms with van der Waals surface area (Å²) in [6.07, 6.45) is 1.98. The molecule has 6 nitrogen and oxygen atoms in total. The summed E-state index contributed by atoms with van der Waals surface area (Å²) in [4.78, 5) is 24.6. The first-order valence-electron chi connectivity index (χ1n) is 6.37. The molecule has 18 heavy (non-hydrogen) atoms. The van der Waals surface area contributed by atoms with Crippen molar-refractivity contribution in [2.45, 2.75) is 50.8 Å². The largest absolute Gasteiger partial charge is 0.480 e. The van der Waals surface area contributed by atoms with E-state index < -0.39 is 17.6 Å². The van der Waals surface area contributed by atoms with Gasteiger partial charge in [0, 0.05) is 13.2 Å². The van der Waals surface area contributed by atoms with Gasteiger partial charge in [0.25, 0.3) is 0 Å². The second kappa shape index (κ2) is 4.76. The molecule has 2 saturated heterocycles. The zero-order valence-electron chi connectivity index (χ0n) is 10.8. The van der Waals surface area contributed by atoms with Crippen molar-refractivity contribution in [1.82, 2.24) is 10.2 Å². The second-order valence-electron chi connectivity index (χ2n) is 5.30. The van der Waals surface area contributed by atoms with Crippen LogP contribution < -0.4 is 5.32 Å². The topological polar surface area (TPSA) is 78.9 Å². The van der Waals surface area contributed by atoms with E-state index >= 15 is 0 Å². The van der Waals surface area contributed by atoms with Crippen molar-refractivity contribution >= 4 is 12.0 Å². The lowest BCUT2D eigenvalue weighted by Crippen LogP contribution is -2.56. The number of carboxylic acids is 1. The molecule has 2 aliphatic heterocycles. The summed E-state index contributed by atoms with van der Waals surface area (Å²) < 4.78 is 5.46. The quantitative estimate of drug-likeness (QED) is 0.766. The number of urea groups is 1. The summed E-state index contributed by atoms with van der Waals surface area (Å²) in [7, 11) is 0. The average molecular weight is 256 g/mol. The van der Waals surface area contributed by atoms with Crippen molar-refractivity contribution < 1.29 is 19.4 Å². The molecule has 0 spiro atoms. The molecule has 0 aromatic heterocycles. The lowest BCUT2D eigenvalue weighted by atomic mass is 9.95. The molecule has 102 valence electrons. The number of likely N-dealkylation sites (tertiary alicyclic amines) is 1. The first kappa shape index (κ1) is 13.1. The maximum Gasteiger partial charge on any atom is 0.326 e. The molecule has 2 fully saturated rings. The van der Waals surface area contributed by atoms with Crippen molar-refractivity contribution in [1.29, 1.82) is 0 Å². The van der Waals surface area contributed by atoms with Gasteiger partial charge >= 0.3 is 12.0 Å². The molecule has 3 unspecified atom stereocenters. The van der Waals surface area contributed by atoms with Crippen molar-refractivity contribution in [3.05, 3.63) is 0 Å². The smallest absolute Gasteiger partial charge is 0.326 e. The van der Waals surface area contributed by atoms with Gasteiger partial charge in [0.05, 0.1) is 11.6 Å². The summed E-state index contributed by atoms with van der Waals surface area (Å²) in [5.74, 6) is -0.927. The van der Waals surface area contributed by atoms with Crippen LogP contribution in [0.2, 0.25) is 0 Å². The highest BCUT2D eigenvalue weighted by atomic mass is 16.5. The summed E-state index contributed by atoms with van der Waals surface area (Å²) in [6.45, 7) is 4.99. The fraction of sp³-hybridized carbons (Fsp3) is 0.833. The Balaban J connectivity index is 2.01. The number of ether oxygens (including phenoxy) is 1. The fourth-order valence-corrected chi connectivity index (χ4v) is 2.58. The van der Waals surface area contributed by atoms with Gasteiger partial charge in [-0.3, -0.25) is 0 Å². The van der Waals surface area contributed by atoms with Crippen LogP contribution in [-0.2, 0) is 9.53 Å². The molecule has 6 heteroatoms. The van der Waals surface area contributed by atoms with Crippen LogP contribution in [-0.4, -0.2) is 52.8 Å². The van der Waals surface area contributed by atoms with E-state index in [-0.39, 0.29) is 12.1 Å². The van der Waals surface area contributed by atoms with Crippen LogP contribution in [0.3, 0.4) is 0 Å².